The molecule has 1 unspecified atom stereocenters. The average molecular weight is 325 g/mol. The van der Waals surface area contributed by atoms with Crippen molar-refractivity contribution in [2.24, 2.45) is 5.92 Å². The predicted octanol–water partition coefficient (Wildman–Crippen LogP) is 2.69. The lowest BCUT2D eigenvalue weighted by atomic mass is 10.0. The number of nitrogens with one attached hydrogen (secondary N) is 1. The van der Waals surface area contributed by atoms with Gasteiger partial charge in [-0.25, -0.2) is 9.18 Å². The van der Waals surface area contributed by atoms with Gasteiger partial charge < -0.3 is 14.8 Å². The predicted molar refractivity (Wildman–Crippen MR) is 84.5 cm³/mol. The molecule has 6 heteroatoms. The van der Waals surface area contributed by atoms with Crippen molar-refractivity contribution in [1.29, 1.82) is 0 Å². The summed E-state index contributed by atoms with van der Waals surface area (Å²) in [4.78, 5) is 23.5. The van der Waals surface area contributed by atoms with Gasteiger partial charge in [0.25, 0.3) is 0 Å². The topological polar surface area (TPSA) is 64.6 Å². The highest BCUT2D eigenvalue weighted by Crippen LogP contribution is 2.11. The van der Waals surface area contributed by atoms with Gasteiger partial charge >= 0.3 is 5.97 Å². The number of hydrogen-bond donors (Lipinski definition) is 1. The molecule has 1 aromatic rings. The molecule has 0 radical (unpaired) electrons. The van der Waals surface area contributed by atoms with Gasteiger partial charge in [0.05, 0.1) is 13.7 Å². The zero-order chi connectivity index (χ0) is 17.2. The van der Waals surface area contributed by atoms with E-state index in [9.17, 15) is 14.0 Å². The molecule has 0 bridgehead atoms. The van der Waals surface area contributed by atoms with Crippen molar-refractivity contribution in [3.05, 3.63) is 30.1 Å². The molecule has 0 fully saturated rings. The normalized spacial score (nSPS) is 11.9. The van der Waals surface area contributed by atoms with E-state index in [0.717, 1.165) is 0 Å². The van der Waals surface area contributed by atoms with Crippen molar-refractivity contribution in [3.8, 4) is 5.75 Å². The van der Waals surface area contributed by atoms with E-state index in [1.807, 2.05) is 13.8 Å². The molecule has 1 amide bonds. The first-order valence-corrected chi connectivity index (χ1v) is 7.68. The SMILES string of the molecule is COC(=O)C(CC(C)C)NC(=O)CCCOc1ccc(F)cc1. The van der Waals surface area contributed by atoms with Gasteiger partial charge in [-0.15, -0.1) is 0 Å². The zero-order valence-corrected chi connectivity index (χ0v) is 13.8. The molecular formula is C17H24FNO4. The van der Waals surface area contributed by atoms with Crippen LogP contribution in [-0.2, 0) is 14.3 Å². The minimum Gasteiger partial charge on any atom is -0.494 e. The first-order chi connectivity index (χ1) is 10.9. The van der Waals surface area contributed by atoms with Crippen LogP contribution in [0.4, 0.5) is 4.39 Å². The van der Waals surface area contributed by atoms with Crippen LogP contribution in [-0.4, -0.2) is 31.6 Å². The molecule has 1 aromatic carbocycles. The van der Waals surface area contributed by atoms with Crippen LogP contribution in [0.15, 0.2) is 24.3 Å². The fourth-order valence-corrected chi connectivity index (χ4v) is 2.05. The Morgan fingerprint density at radius 2 is 1.87 bits per heavy atom. The third-order valence-electron chi connectivity index (χ3n) is 3.16. The van der Waals surface area contributed by atoms with Gasteiger partial charge in [-0.2, -0.15) is 0 Å². The van der Waals surface area contributed by atoms with Crippen LogP contribution < -0.4 is 10.1 Å². The maximum atomic E-state index is 12.7. The Morgan fingerprint density at radius 3 is 2.43 bits per heavy atom. The first kappa shape index (κ1) is 18.9. The second-order valence-corrected chi connectivity index (χ2v) is 5.68. The Kier molecular flexibility index (Phi) is 8.08. The second kappa shape index (κ2) is 9.82. The molecule has 0 aromatic heterocycles. The lowest BCUT2D eigenvalue weighted by molar-refractivity contribution is -0.145. The van der Waals surface area contributed by atoms with E-state index in [1.54, 1.807) is 0 Å². The Labute approximate surface area is 136 Å². The van der Waals surface area contributed by atoms with Crippen LogP contribution >= 0.6 is 0 Å². The number of ether oxygens (including phenoxy) is 2. The summed E-state index contributed by atoms with van der Waals surface area (Å²) < 4.78 is 22.9. The highest BCUT2D eigenvalue weighted by molar-refractivity contribution is 5.84. The van der Waals surface area contributed by atoms with Crippen molar-refractivity contribution >= 4 is 11.9 Å². The summed E-state index contributed by atoms with van der Waals surface area (Å²) in [7, 11) is 1.30. The van der Waals surface area contributed by atoms with Crippen LogP contribution in [0, 0.1) is 11.7 Å². The number of carbonyl (C=O) groups is 2. The molecule has 0 aliphatic heterocycles. The number of benzene rings is 1. The highest BCUT2D eigenvalue weighted by Gasteiger charge is 2.22. The van der Waals surface area contributed by atoms with Gasteiger partial charge in [0, 0.05) is 6.42 Å². The molecule has 5 nitrogen and oxygen atoms in total. The summed E-state index contributed by atoms with van der Waals surface area (Å²) in [6.07, 6.45) is 1.27. The fraction of sp³-hybridized carbons (Fsp3) is 0.529. The lowest BCUT2D eigenvalue weighted by Gasteiger charge is -2.18. The molecule has 128 valence electrons. The van der Waals surface area contributed by atoms with E-state index in [1.165, 1.54) is 31.4 Å². The van der Waals surface area contributed by atoms with E-state index in [4.69, 9.17) is 9.47 Å². The number of carbonyl (C=O) groups excluding carboxylic acids is 2. The monoisotopic (exact) mass is 325 g/mol. The largest absolute Gasteiger partial charge is 0.494 e. The van der Waals surface area contributed by atoms with Crippen molar-refractivity contribution < 1.29 is 23.5 Å². The number of methoxy groups -OCH3 is 1. The first-order valence-electron chi connectivity index (χ1n) is 7.68. The van der Waals surface area contributed by atoms with Gasteiger partial charge in [0.1, 0.15) is 17.6 Å². The summed E-state index contributed by atoms with van der Waals surface area (Å²) >= 11 is 0. The molecule has 0 saturated heterocycles. The Morgan fingerprint density at radius 1 is 1.22 bits per heavy atom. The molecule has 23 heavy (non-hydrogen) atoms. The van der Waals surface area contributed by atoms with Gasteiger partial charge in [-0.1, -0.05) is 13.8 Å². The molecule has 0 saturated carbocycles. The van der Waals surface area contributed by atoms with E-state index in [0.29, 0.717) is 25.2 Å². The summed E-state index contributed by atoms with van der Waals surface area (Å²) in [5, 5.41) is 2.69. The van der Waals surface area contributed by atoms with Crippen LogP contribution in [0.3, 0.4) is 0 Å². The molecule has 1 rings (SSSR count). The quantitative estimate of drug-likeness (QED) is 0.560. The van der Waals surface area contributed by atoms with Crippen LogP contribution in [0.2, 0.25) is 0 Å². The average Bonchev–Trinajstić information content (AvgIpc) is 2.51. The van der Waals surface area contributed by atoms with Crippen LogP contribution in [0.5, 0.6) is 5.75 Å². The minimum atomic E-state index is -0.620. The lowest BCUT2D eigenvalue weighted by Crippen LogP contribution is -2.42. The summed E-state index contributed by atoms with van der Waals surface area (Å²) in [6.45, 7) is 4.28. The fourth-order valence-electron chi connectivity index (χ4n) is 2.05. The van der Waals surface area contributed by atoms with Gasteiger partial charge in [-0.05, 0) is 43.0 Å². The Balaban J connectivity index is 2.31. The second-order valence-electron chi connectivity index (χ2n) is 5.68. The van der Waals surface area contributed by atoms with Gasteiger partial charge in [0.15, 0.2) is 0 Å². The van der Waals surface area contributed by atoms with E-state index in [-0.39, 0.29) is 24.1 Å². The standard InChI is InChI=1S/C17H24FNO4/c1-12(2)11-15(17(21)22-3)19-16(20)5-4-10-23-14-8-6-13(18)7-9-14/h6-9,12,15H,4-5,10-11H2,1-3H3,(H,19,20). The minimum absolute atomic E-state index is 0.219. The number of rotatable bonds is 9. The van der Waals surface area contributed by atoms with Gasteiger partial charge in [0.2, 0.25) is 5.91 Å². The van der Waals surface area contributed by atoms with E-state index in [2.05, 4.69) is 5.32 Å². The van der Waals surface area contributed by atoms with Crippen molar-refractivity contribution in [3.63, 3.8) is 0 Å². The number of hydrogen-bond acceptors (Lipinski definition) is 4. The zero-order valence-electron chi connectivity index (χ0n) is 13.8. The highest BCUT2D eigenvalue weighted by atomic mass is 19.1. The summed E-state index contributed by atoms with van der Waals surface area (Å²) in [6, 6.07) is 5.08. The molecule has 0 spiro atoms. The summed E-state index contributed by atoms with van der Waals surface area (Å²) in [5.74, 6) is -0.158. The molecular weight excluding hydrogens is 301 g/mol. The summed E-state index contributed by atoms with van der Waals surface area (Å²) in [5.41, 5.74) is 0. The van der Waals surface area contributed by atoms with E-state index < -0.39 is 12.0 Å². The van der Waals surface area contributed by atoms with Gasteiger partial charge in [-0.3, -0.25) is 4.79 Å². The third-order valence-corrected chi connectivity index (χ3v) is 3.16. The third kappa shape index (κ3) is 7.63. The number of amides is 1. The molecule has 0 aliphatic rings. The molecule has 1 atom stereocenters. The number of halogens is 1. The van der Waals surface area contributed by atoms with Crippen molar-refractivity contribution in [2.45, 2.75) is 39.2 Å². The van der Waals surface area contributed by atoms with Crippen molar-refractivity contribution in [2.75, 3.05) is 13.7 Å². The van der Waals surface area contributed by atoms with Crippen LogP contribution in [0.25, 0.3) is 0 Å². The number of esters is 1. The molecule has 0 heterocycles. The maximum Gasteiger partial charge on any atom is 0.328 e. The molecule has 1 N–H and O–H groups in total. The maximum absolute atomic E-state index is 12.7. The molecule has 0 aliphatic carbocycles. The Hall–Kier alpha value is -2.11. The van der Waals surface area contributed by atoms with Crippen LogP contribution in [0.1, 0.15) is 33.1 Å². The Bertz CT molecular complexity index is 502. The van der Waals surface area contributed by atoms with Crippen molar-refractivity contribution in [1.82, 2.24) is 5.32 Å². The smallest absolute Gasteiger partial charge is 0.328 e. The van der Waals surface area contributed by atoms with E-state index >= 15 is 0 Å².